The Hall–Kier alpha value is -1.88. The van der Waals surface area contributed by atoms with Crippen LogP contribution in [-0.4, -0.2) is 32.1 Å². The molecule has 104 valence electrons. The number of hydrogen-bond acceptors (Lipinski definition) is 4. The van der Waals surface area contributed by atoms with Crippen molar-refractivity contribution in [3.8, 4) is 0 Å². The zero-order valence-electron chi connectivity index (χ0n) is 11.1. The summed E-state index contributed by atoms with van der Waals surface area (Å²) in [6.07, 6.45) is 2.03. The van der Waals surface area contributed by atoms with Crippen molar-refractivity contribution in [3.05, 3.63) is 35.4 Å². The molecule has 0 heterocycles. The molecule has 0 radical (unpaired) electrons. The van der Waals surface area contributed by atoms with E-state index in [1.807, 2.05) is 12.1 Å². The fourth-order valence-electron chi connectivity index (χ4n) is 1.61. The molecule has 5 nitrogen and oxygen atoms in total. The highest BCUT2D eigenvalue weighted by atomic mass is 16.5. The van der Waals surface area contributed by atoms with Crippen LogP contribution in [0.5, 0.6) is 0 Å². The van der Waals surface area contributed by atoms with Crippen LogP contribution >= 0.6 is 0 Å². The van der Waals surface area contributed by atoms with Crippen LogP contribution in [0.3, 0.4) is 0 Å². The molecule has 0 atom stereocenters. The van der Waals surface area contributed by atoms with Crippen LogP contribution in [-0.2, 0) is 16.0 Å². The van der Waals surface area contributed by atoms with Gasteiger partial charge in [-0.1, -0.05) is 12.1 Å². The van der Waals surface area contributed by atoms with E-state index in [-0.39, 0.29) is 24.8 Å². The van der Waals surface area contributed by atoms with Crippen LogP contribution in [0, 0.1) is 0 Å². The van der Waals surface area contributed by atoms with E-state index < -0.39 is 0 Å². The predicted octanol–water partition coefficient (Wildman–Crippen LogP) is 0.871. The van der Waals surface area contributed by atoms with Gasteiger partial charge in [-0.3, -0.25) is 9.59 Å². The Balaban J connectivity index is 2.42. The van der Waals surface area contributed by atoms with Crippen LogP contribution in [0.2, 0.25) is 0 Å². The zero-order valence-corrected chi connectivity index (χ0v) is 11.1. The van der Waals surface area contributed by atoms with Crippen LogP contribution in [0.1, 0.15) is 28.8 Å². The van der Waals surface area contributed by atoms with Gasteiger partial charge in [-0.2, -0.15) is 0 Å². The Kier molecular flexibility index (Phi) is 6.60. The standard InChI is InChI=1S/C14H20N2O3/c1-19-13(17)8-10-16-14(18)12-6-4-11(5-7-12)3-2-9-15/h4-7H,2-3,8-10,15H2,1H3,(H,16,18). The SMILES string of the molecule is COC(=O)CCNC(=O)c1ccc(CCCN)cc1. The zero-order chi connectivity index (χ0) is 14.1. The molecule has 0 spiro atoms. The van der Waals surface area contributed by atoms with Gasteiger partial charge in [0, 0.05) is 12.1 Å². The molecule has 3 N–H and O–H groups in total. The van der Waals surface area contributed by atoms with Gasteiger partial charge in [-0.25, -0.2) is 0 Å². The molecule has 1 amide bonds. The normalized spacial score (nSPS) is 10.0. The van der Waals surface area contributed by atoms with E-state index in [0.717, 1.165) is 18.4 Å². The van der Waals surface area contributed by atoms with E-state index >= 15 is 0 Å². The highest BCUT2D eigenvalue weighted by Gasteiger charge is 2.06. The molecule has 0 aromatic heterocycles. The third-order valence-electron chi connectivity index (χ3n) is 2.73. The first-order valence-corrected chi connectivity index (χ1v) is 6.31. The minimum atomic E-state index is -0.336. The first-order valence-electron chi connectivity index (χ1n) is 6.31. The average Bonchev–Trinajstić information content (AvgIpc) is 2.45. The van der Waals surface area contributed by atoms with Crippen molar-refractivity contribution in [1.29, 1.82) is 0 Å². The Morgan fingerprint density at radius 1 is 1.26 bits per heavy atom. The van der Waals surface area contributed by atoms with E-state index in [0.29, 0.717) is 12.1 Å². The average molecular weight is 264 g/mol. The van der Waals surface area contributed by atoms with Gasteiger partial charge in [-0.05, 0) is 37.1 Å². The van der Waals surface area contributed by atoms with Gasteiger partial charge in [0.15, 0.2) is 0 Å². The number of carbonyl (C=O) groups excluding carboxylic acids is 2. The number of aryl methyl sites for hydroxylation is 1. The molecule has 19 heavy (non-hydrogen) atoms. The maximum Gasteiger partial charge on any atom is 0.307 e. The van der Waals surface area contributed by atoms with Crippen molar-refractivity contribution in [3.63, 3.8) is 0 Å². The summed E-state index contributed by atoms with van der Waals surface area (Å²) in [5.41, 5.74) is 7.19. The molecule has 0 saturated carbocycles. The molecule has 0 saturated heterocycles. The molecule has 0 unspecified atom stereocenters. The second kappa shape index (κ2) is 8.26. The van der Waals surface area contributed by atoms with E-state index in [9.17, 15) is 9.59 Å². The van der Waals surface area contributed by atoms with E-state index in [4.69, 9.17) is 5.73 Å². The van der Waals surface area contributed by atoms with Crippen LogP contribution in [0.15, 0.2) is 24.3 Å². The minimum Gasteiger partial charge on any atom is -0.469 e. The number of benzene rings is 1. The molecular weight excluding hydrogens is 244 g/mol. The number of nitrogens with one attached hydrogen (secondary N) is 1. The number of amides is 1. The lowest BCUT2D eigenvalue weighted by Crippen LogP contribution is -2.26. The first-order chi connectivity index (χ1) is 9.17. The monoisotopic (exact) mass is 264 g/mol. The molecule has 0 aliphatic rings. The molecule has 0 aliphatic heterocycles. The summed E-state index contributed by atoms with van der Waals surface area (Å²) in [5, 5.41) is 2.67. The van der Waals surface area contributed by atoms with E-state index in [2.05, 4.69) is 10.1 Å². The minimum absolute atomic E-state index is 0.177. The maximum atomic E-state index is 11.8. The van der Waals surface area contributed by atoms with Crippen molar-refractivity contribution in [1.82, 2.24) is 5.32 Å². The third kappa shape index (κ3) is 5.52. The second-order valence-electron chi connectivity index (χ2n) is 4.17. The quantitative estimate of drug-likeness (QED) is 0.716. The summed E-state index contributed by atoms with van der Waals surface area (Å²) in [6, 6.07) is 7.40. The third-order valence-corrected chi connectivity index (χ3v) is 2.73. The summed E-state index contributed by atoms with van der Waals surface area (Å²) in [5.74, 6) is -0.522. The molecule has 0 fully saturated rings. The van der Waals surface area contributed by atoms with Crippen molar-refractivity contribution >= 4 is 11.9 Å². The highest BCUT2D eigenvalue weighted by molar-refractivity contribution is 5.94. The summed E-state index contributed by atoms with van der Waals surface area (Å²) >= 11 is 0. The van der Waals surface area contributed by atoms with Gasteiger partial charge in [0.25, 0.3) is 5.91 Å². The smallest absolute Gasteiger partial charge is 0.307 e. The number of esters is 1. The largest absolute Gasteiger partial charge is 0.469 e. The molecular formula is C14H20N2O3. The van der Waals surface area contributed by atoms with E-state index in [1.165, 1.54) is 7.11 Å². The fourth-order valence-corrected chi connectivity index (χ4v) is 1.61. The fraction of sp³-hybridized carbons (Fsp3) is 0.429. The summed E-state index contributed by atoms with van der Waals surface area (Å²) in [7, 11) is 1.32. The number of nitrogens with two attached hydrogens (primary N) is 1. The Morgan fingerprint density at radius 3 is 2.53 bits per heavy atom. The van der Waals surface area contributed by atoms with Gasteiger partial charge in [0.05, 0.1) is 13.5 Å². The second-order valence-corrected chi connectivity index (χ2v) is 4.17. The van der Waals surface area contributed by atoms with Crippen LogP contribution in [0.25, 0.3) is 0 Å². The maximum absolute atomic E-state index is 11.8. The molecule has 0 bridgehead atoms. The number of hydrogen-bond donors (Lipinski definition) is 2. The van der Waals surface area contributed by atoms with Crippen molar-refractivity contribution in [2.45, 2.75) is 19.3 Å². The van der Waals surface area contributed by atoms with Crippen molar-refractivity contribution in [2.24, 2.45) is 5.73 Å². The molecule has 1 aromatic carbocycles. The summed E-state index contributed by atoms with van der Waals surface area (Å²) in [4.78, 5) is 22.6. The number of ether oxygens (including phenoxy) is 1. The van der Waals surface area contributed by atoms with E-state index in [1.54, 1.807) is 12.1 Å². The molecule has 5 heteroatoms. The lowest BCUT2D eigenvalue weighted by molar-refractivity contribution is -0.140. The molecule has 1 aromatic rings. The lowest BCUT2D eigenvalue weighted by Gasteiger charge is -2.05. The van der Waals surface area contributed by atoms with Crippen LogP contribution in [0.4, 0.5) is 0 Å². The lowest BCUT2D eigenvalue weighted by atomic mass is 10.1. The number of rotatable bonds is 7. The summed E-state index contributed by atoms with van der Waals surface area (Å²) < 4.78 is 4.49. The summed E-state index contributed by atoms with van der Waals surface area (Å²) in [6.45, 7) is 0.941. The Morgan fingerprint density at radius 2 is 1.95 bits per heavy atom. The van der Waals surface area contributed by atoms with Gasteiger partial charge in [0.1, 0.15) is 0 Å². The van der Waals surface area contributed by atoms with Gasteiger partial charge < -0.3 is 15.8 Å². The van der Waals surface area contributed by atoms with Crippen molar-refractivity contribution < 1.29 is 14.3 Å². The van der Waals surface area contributed by atoms with Gasteiger partial charge in [0.2, 0.25) is 0 Å². The number of carbonyl (C=O) groups is 2. The van der Waals surface area contributed by atoms with Gasteiger partial charge >= 0.3 is 5.97 Å². The van der Waals surface area contributed by atoms with Gasteiger partial charge in [-0.15, -0.1) is 0 Å². The molecule has 1 rings (SSSR count). The topological polar surface area (TPSA) is 81.4 Å². The van der Waals surface area contributed by atoms with Crippen molar-refractivity contribution in [2.75, 3.05) is 20.2 Å². The highest BCUT2D eigenvalue weighted by Crippen LogP contribution is 2.06. The number of methoxy groups -OCH3 is 1. The molecule has 0 aliphatic carbocycles. The Bertz CT molecular complexity index is 415. The van der Waals surface area contributed by atoms with Crippen LogP contribution < -0.4 is 11.1 Å². The Labute approximate surface area is 113 Å². The predicted molar refractivity (Wildman–Crippen MR) is 72.8 cm³/mol. The first kappa shape index (κ1) is 15.2.